The molecule has 4 N–H and O–H groups in total. The lowest BCUT2D eigenvalue weighted by atomic mass is 9.57. The molecular formula is C32H60N2. The molecule has 1 aromatic rings. The van der Waals surface area contributed by atoms with Gasteiger partial charge in [-0.1, -0.05) is 85.7 Å². The Bertz CT molecular complexity index is 699. The molecule has 1 atom stereocenters. The van der Waals surface area contributed by atoms with Crippen LogP contribution in [0.15, 0.2) is 30.3 Å². The molecule has 0 saturated carbocycles. The van der Waals surface area contributed by atoms with E-state index in [1.807, 2.05) is 0 Å². The van der Waals surface area contributed by atoms with Gasteiger partial charge in [0.2, 0.25) is 0 Å². The third-order valence-electron chi connectivity index (χ3n) is 6.91. The summed E-state index contributed by atoms with van der Waals surface area (Å²) < 4.78 is 0. The van der Waals surface area contributed by atoms with Gasteiger partial charge in [0.05, 0.1) is 0 Å². The van der Waals surface area contributed by atoms with Crippen molar-refractivity contribution in [1.82, 2.24) is 0 Å². The molecule has 0 bridgehead atoms. The molecule has 0 amide bonds. The molecule has 0 radical (unpaired) electrons. The van der Waals surface area contributed by atoms with E-state index in [0.29, 0.717) is 5.92 Å². The van der Waals surface area contributed by atoms with Crippen LogP contribution >= 0.6 is 0 Å². The van der Waals surface area contributed by atoms with Crippen LogP contribution in [0.4, 0.5) is 0 Å². The predicted octanol–water partition coefficient (Wildman–Crippen LogP) is 8.77. The summed E-state index contributed by atoms with van der Waals surface area (Å²) in [5.41, 5.74) is 15.0. The van der Waals surface area contributed by atoms with Gasteiger partial charge in [-0.25, -0.2) is 0 Å². The van der Waals surface area contributed by atoms with E-state index in [4.69, 9.17) is 11.5 Å². The van der Waals surface area contributed by atoms with Crippen LogP contribution in [0.3, 0.4) is 0 Å². The third-order valence-corrected chi connectivity index (χ3v) is 6.91. The maximum atomic E-state index is 6.50. The first-order valence-corrected chi connectivity index (χ1v) is 13.6. The van der Waals surface area contributed by atoms with Gasteiger partial charge < -0.3 is 11.5 Å². The standard InChI is InChI=1S/C32H60N2/c1-25(18-26-16-14-13-15-17-26)19-27(2,3)22-32(12,23-28(4,5)20-30(8,9)33)24-29(6,7)21-31(10,11)34/h13-17,25H,18-24,33-34H2,1-12H3. The molecule has 0 aromatic heterocycles. The van der Waals surface area contributed by atoms with Crippen molar-refractivity contribution in [3.8, 4) is 0 Å². The first kappa shape index (κ1) is 31.2. The summed E-state index contributed by atoms with van der Waals surface area (Å²) in [6.07, 6.45) is 8.05. The minimum atomic E-state index is -0.154. The smallest absolute Gasteiger partial charge is 0.0102 e. The van der Waals surface area contributed by atoms with Crippen LogP contribution < -0.4 is 11.5 Å². The van der Waals surface area contributed by atoms with E-state index in [1.54, 1.807) is 0 Å². The molecule has 1 unspecified atom stereocenters. The summed E-state index contributed by atoms with van der Waals surface area (Å²) in [4.78, 5) is 0. The molecule has 198 valence electrons. The topological polar surface area (TPSA) is 52.0 Å². The van der Waals surface area contributed by atoms with Crippen LogP contribution in [-0.4, -0.2) is 11.1 Å². The Kier molecular flexibility index (Phi) is 10.1. The molecule has 0 aliphatic heterocycles. The van der Waals surface area contributed by atoms with Crippen molar-refractivity contribution < 1.29 is 0 Å². The molecule has 0 aliphatic carbocycles. The van der Waals surface area contributed by atoms with Crippen LogP contribution in [0.5, 0.6) is 0 Å². The van der Waals surface area contributed by atoms with E-state index >= 15 is 0 Å². The third kappa shape index (κ3) is 13.3. The zero-order valence-corrected chi connectivity index (χ0v) is 25.1. The van der Waals surface area contributed by atoms with Crippen LogP contribution in [0, 0.1) is 27.6 Å². The normalized spacial score (nSPS) is 15.5. The Hall–Kier alpha value is -0.860. The fourth-order valence-corrected chi connectivity index (χ4v) is 8.35. The number of rotatable bonds is 14. The highest BCUT2D eigenvalue weighted by molar-refractivity contribution is 5.15. The van der Waals surface area contributed by atoms with E-state index in [9.17, 15) is 0 Å². The Morgan fingerprint density at radius 1 is 0.588 bits per heavy atom. The maximum Gasteiger partial charge on any atom is 0.0102 e. The Morgan fingerprint density at radius 3 is 1.35 bits per heavy atom. The van der Waals surface area contributed by atoms with Crippen molar-refractivity contribution in [3.05, 3.63) is 35.9 Å². The lowest BCUT2D eigenvalue weighted by Crippen LogP contribution is -2.43. The SMILES string of the molecule is CC(Cc1ccccc1)CC(C)(C)CC(C)(CC(C)(C)CC(C)(C)N)CC(C)(C)CC(C)(C)N. The summed E-state index contributed by atoms with van der Waals surface area (Å²) >= 11 is 0. The fraction of sp³-hybridized carbons (Fsp3) is 0.812. The van der Waals surface area contributed by atoms with Crippen LogP contribution in [-0.2, 0) is 6.42 Å². The summed E-state index contributed by atoms with van der Waals surface area (Å²) in [5, 5.41) is 0. The molecule has 2 heteroatoms. The van der Waals surface area contributed by atoms with E-state index in [2.05, 4.69) is 113 Å². The number of hydrogen-bond acceptors (Lipinski definition) is 2. The van der Waals surface area contributed by atoms with E-state index in [0.717, 1.165) is 19.3 Å². The second kappa shape index (κ2) is 11.0. The van der Waals surface area contributed by atoms with E-state index in [-0.39, 0.29) is 32.7 Å². The average Bonchev–Trinajstić information content (AvgIpc) is 2.46. The van der Waals surface area contributed by atoms with Gasteiger partial charge in [-0.2, -0.15) is 0 Å². The zero-order valence-electron chi connectivity index (χ0n) is 25.1. The van der Waals surface area contributed by atoms with Gasteiger partial charge in [0.1, 0.15) is 0 Å². The summed E-state index contributed by atoms with van der Waals surface area (Å²) in [5.74, 6) is 0.661. The number of hydrogen-bond donors (Lipinski definition) is 2. The van der Waals surface area contributed by atoms with Crippen molar-refractivity contribution in [3.63, 3.8) is 0 Å². The molecular weight excluding hydrogens is 412 g/mol. The molecule has 0 saturated heterocycles. The molecule has 0 fully saturated rings. The van der Waals surface area contributed by atoms with Gasteiger partial charge in [-0.3, -0.25) is 0 Å². The molecule has 34 heavy (non-hydrogen) atoms. The lowest BCUT2D eigenvalue weighted by molar-refractivity contribution is 0.0344. The maximum absolute atomic E-state index is 6.50. The highest BCUT2D eigenvalue weighted by Crippen LogP contribution is 2.52. The van der Waals surface area contributed by atoms with Crippen LogP contribution in [0.25, 0.3) is 0 Å². The minimum Gasteiger partial charge on any atom is -0.326 e. The first-order valence-electron chi connectivity index (χ1n) is 13.6. The van der Waals surface area contributed by atoms with E-state index < -0.39 is 0 Å². The first-order chi connectivity index (χ1) is 15.0. The predicted molar refractivity (Wildman–Crippen MR) is 153 cm³/mol. The van der Waals surface area contributed by atoms with Crippen molar-refractivity contribution >= 4 is 0 Å². The van der Waals surface area contributed by atoms with Crippen LogP contribution in [0.1, 0.15) is 127 Å². The van der Waals surface area contributed by atoms with Crippen LogP contribution in [0.2, 0.25) is 0 Å². The summed E-state index contributed by atoms with van der Waals surface area (Å²) in [6.45, 7) is 28.3. The van der Waals surface area contributed by atoms with Gasteiger partial charge in [-0.05, 0) is 106 Å². The van der Waals surface area contributed by atoms with Crippen molar-refractivity contribution in [2.75, 3.05) is 0 Å². The van der Waals surface area contributed by atoms with Crippen molar-refractivity contribution in [1.29, 1.82) is 0 Å². The lowest BCUT2D eigenvalue weighted by Gasteiger charge is -2.48. The highest BCUT2D eigenvalue weighted by atomic mass is 14.7. The quantitative estimate of drug-likeness (QED) is 0.284. The zero-order chi connectivity index (χ0) is 26.6. The molecule has 0 heterocycles. The Morgan fingerprint density at radius 2 is 0.971 bits per heavy atom. The average molecular weight is 473 g/mol. The van der Waals surface area contributed by atoms with Gasteiger partial charge in [0.25, 0.3) is 0 Å². The Balaban J connectivity index is 3.12. The van der Waals surface area contributed by atoms with Gasteiger partial charge >= 0.3 is 0 Å². The van der Waals surface area contributed by atoms with Crippen molar-refractivity contribution in [2.45, 2.75) is 139 Å². The Labute approximate surface area is 214 Å². The summed E-state index contributed by atoms with van der Waals surface area (Å²) in [7, 11) is 0. The fourth-order valence-electron chi connectivity index (χ4n) is 8.35. The molecule has 2 nitrogen and oxygen atoms in total. The van der Waals surface area contributed by atoms with Gasteiger partial charge in [0, 0.05) is 11.1 Å². The van der Waals surface area contributed by atoms with E-state index in [1.165, 1.54) is 31.2 Å². The molecule has 1 rings (SSSR count). The molecule has 1 aromatic carbocycles. The molecule has 0 spiro atoms. The number of nitrogens with two attached hydrogens (primary N) is 2. The monoisotopic (exact) mass is 472 g/mol. The van der Waals surface area contributed by atoms with Gasteiger partial charge in [0.15, 0.2) is 0 Å². The summed E-state index contributed by atoms with van der Waals surface area (Å²) in [6, 6.07) is 11.0. The second-order valence-corrected chi connectivity index (χ2v) is 16.2. The number of benzene rings is 1. The minimum absolute atomic E-state index is 0.154. The van der Waals surface area contributed by atoms with Crippen molar-refractivity contribution in [2.24, 2.45) is 39.0 Å². The van der Waals surface area contributed by atoms with Gasteiger partial charge in [-0.15, -0.1) is 0 Å². The molecule has 0 aliphatic rings. The largest absolute Gasteiger partial charge is 0.326 e. The second-order valence-electron chi connectivity index (χ2n) is 16.2. The highest BCUT2D eigenvalue weighted by Gasteiger charge is 2.42.